The summed E-state index contributed by atoms with van der Waals surface area (Å²) >= 11 is 0. The minimum atomic E-state index is -0.00791. The Labute approximate surface area is 97.2 Å². The van der Waals surface area contributed by atoms with Crippen LogP contribution in [0.2, 0.25) is 0 Å². The van der Waals surface area contributed by atoms with Crippen molar-refractivity contribution in [2.24, 2.45) is 0 Å². The van der Waals surface area contributed by atoms with Crippen molar-refractivity contribution in [3.8, 4) is 0 Å². The zero-order chi connectivity index (χ0) is 11.6. The summed E-state index contributed by atoms with van der Waals surface area (Å²) in [5.41, 5.74) is 2.20. The van der Waals surface area contributed by atoms with Crippen LogP contribution in [-0.4, -0.2) is 23.2 Å². The summed E-state index contributed by atoms with van der Waals surface area (Å²) in [7, 11) is 0. The van der Waals surface area contributed by atoms with Crippen molar-refractivity contribution in [1.82, 2.24) is 4.98 Å². The Hall–Kier alpha value is -1.09. The number of rotatable bonds is 2. The molecule has 0 saturated carbocycles. The van der Waals surface area contributed by atoms with Gasteiger partial charge in [0, 0.05) is 18.8 Å². The topological polar surface area (TPSA) is 34.2 Å². The fraction of sp³-hybridized carbons (Fsp3) is 0.615. The van der Waals surface area contributed by atoms with Gasteiger partial charge in [0.15, 0.2) is 0 Å². The summed E-state index contributed by atoms with van der Waals surface area (Å²) in [5.74, 6) is 0. The fourth-order valence-corrected chi connectivity index (χ4v) is 2.21. The second kappa shape index (κ2) is 4.42. The van der Waals surface area contributed by atoms with Crippen molar-refractivity contribution < 1.29 is 4.74 Å². The van der Waals surface area contributed by atoms with E-state index in [0.29, 0.717) is 6.04 Å². The van der Waals surface area contributed by atoms with Crippen LogP contribution in [0.15, 0.2) is 18.3 Å². The number of nitrogens with one attached hydrogen (secondary N) is 1. The first-order valence-electron chi connectivity index (χ1n) is 5.89. The molecule has 1 atom stereocenters. The van der Waals surface area contributed by atoms with E-state index in [4.69, 9.17) is 4.74 Å². The Bertz CT molecular complexity index is 363. The molecule has 1 aromatic rings. The number of ether oxygens (including phenoxy) is 1. The minimum Gasteiger partial charge on any atom is -0.381 e. The molecule has 1 aliphatic heterocycles. The smallest absolute Gasteiger partial charge is 0.0646 e. The van der Waals surface area contributed by atoms with Crippen molar-refractivity contribution in [3.05, 3.63) is 24.0 Å². The molecular formula is C13H20N2O. The molecule has 0 aromatic carbocycles. The molecule has 1 unspecified atom stereocenters. The largest absolute Gasteiger partial charge is 0.381 e. The van der Waals surface area contributed by atoms with Crippen LogP contribution in [0.3, 0.4) is 0 Å². The molecule has 1 aromatic heterocycles. The van der Waals surface area contributed by atoms with Crippen LogP contribution in [0.25, 0.3) is 0 Å². The predicted octanol–water partition coefficient (Wildman–Crippen LogP) is 2.76. The Balaban J connectivity index is 2.02. The summed E-state index contributed by atoms with van der Waals surface area (Å²) in [6.07, 6.45) is 3.94. The number of aryl methyl sites for hydroxylation is 1. The van der Waals surface area contributed by atoms with Gasteiger partial charge in [-0.3, -0.25) is 4.98 Å². The average molecular weight is 220 g/mol. The first-order valence-corrected chi connectivity index (χ1v) is 5.89. The Morgan fingerprint density at radius 2 is 2.31 bits per heavy atom. The van der Waals surface area contributed by atoms with Gasteiger partial charge in [0.25, 0.3) is 0 Å². The van der Waals surface area contributed by atoms with E-state index < -0.39 is 0 Å². The van der Waals surface area contributed by atoms with Gasteiger partial charge in [0.2, 0.25) is 0 Å². The number of pyridine rings is 1. The van der Waals surface area contributed by atoms with Crippen LogP contribution in [0.1, 0.15) is 32.4 Å². The van der Waals surface area contributed by atoms with Crippen LogP contribution < -0.4 is 5.32 Å². The van der Waals surface area contributed by atoms with Gasteiger partial charge in [-0.25, -0.2) is 0 Å². The Morgan fingerprint density at radius 1 is 1.50 bits per heavy atom. The Kier molecular flexibility index (Phi) is 3.15. The number of anilines is 1. The van der Waals surface area contributed by atoms with Crippen LogP contribution in [0, 0.1) is 6.92 Å². The maximum atomic E-state index is 5.71. The van der Waals surface area contributed by atoms with E-state index >= 15 is 0 Å². The quantitative estimate of drug-likeness (QED) is 0.832. The molecular weight excluding hydrogens is 200 g/mol. The predicted molar refractivity (Wildman–Crippen MR) is 65.6 cm³/mol. The molecule has 0 bridgehead atoms. The van der Waals surface area contributed by atoms with Crippen molar-refractivity contribution in [2.75, 3.05) is 11.9 Å². The zero-order valence-corrected chi connectivity index (χ0v) is 10.3. The average Bonchev–Trinajstić information content (AvgIpc) is 2.20. The van der Waals surface area contributed by atoms with Crippen LogP contribution >= 0.6 is 0 Å². The molecule has 88 valence electrons. The summed E-state index contributed by atoms with van der Waals surface area (Å²) < 4.78 is 5.71. The molecule has 16 heavy (non-hydrogen) atoms. The third kappa shape index (κ3) is 2.73. The molecule has 0 aliphatic carbocycles. The third-order valence-electron chi connectivity index (χ3n) is 3.06. The van der Waals surface area contributed by atoms with E-state index in [9.17, 15) is 0 Å². The lowest BCUT2D eigenvalue weighted by Crippen LogP contribution is -2.40. The highest BCUT2D eigenvalue weighted by Crippen LogP contribution is 2.26. The molecule has 2 heterocycles. The molecule has 1 saturated heterocycles. The maximum Gasteiger partial charge on any atom is 0.0646 e. The van der Waals surface area contributed by atoms with Gasteiger partial charge >= 0.3 is 0 Å². The van der Waals surface area contributed by atoms with Gasteiger partial charge in [0.05, 0.1) is 17.0 Å². The fourth-order valence-electron chi connectivity index (χ4n) is 2.21. The van der Waals surface area contributed by atoms with E-state index in [0.717, 1.165) is 30.8 Å². The molecule has 3 heteroatoms. The standard InChI is InChI=1S/C13H20N2O/c1-10-12(5-4-7-14-10)15-11-6-8-16-13(2,3)9-11/h4-5,7,11,15H,6,8-9H2,1-3H3. The van der Waals surface area contributed by atoms with Gasteiger partial charge in [-0.05, 0) is 45.7 Å². The monoisotopic (exact) mass is 220 g/mol. The molecule has 1 N–H and O–H groups in total. The van der Waals surface area contributed by atoms with Gasteiger partial charge < -0.3 is 10.1 Å². The lowest BCUT2D eigenvalue weighted by Gasteiger charge is -2.36. The summed E-state index contributed by atoms with van der Waals surface area (Å²) in [4.78, 5) is 4.29. The van der Waals surface area contributed by atoms with E-state index in [-0.39, 0.29) is 5.60 Å². The molecule has 1 aliphatic rings. The molecule has 0 radical (unpaired) electrons. The Morgan fingerprint density at radius 3 is 3.00 bits per heavy atom. The van der Waals surface area contributed by atoms with Gasteiger partial charge in [-0.1, -0.05) is 0 Å². The summed E-state index contributed by atoms with van der Waals surface area (Å²) in [6, 6.07) is 4.55. The van der Waals surface area contributed by atoms with Crippen LogP contribution in [0.4, 0.5) is 5.69 Å². The second-order valence-corrected chi connectivity index (χ2v) is 5.08. The lowest BCUT2D eigenvalue weighted by molar-refractivity contribution is -0.0553. The molecule has 3 nitrogen and oxygen atoms in total. The number of hydrogen-bond acceptors (Lipinski definition) is 3. The van der Waals surface area contributed by atoms with Crippen molar-refractivity contribution in [1.29, 1.82) is 0 Å². The van der Waals surface area contributed by atoms with Crippen molar-refractivity contribution in [2.45, 2.75) is 45.3 Å². The first-order chi connectivity index (χ1) is 7.57. The highest BCUT2D eigenvalue weighted by molar-refractivity contribution is 5.47. The zero-order valence-electron chi connectivity index (χ0n) is 10.3. The summed E-state index contributed by atoms with van der Waals surface area (Å²) in [6.45, 7) is 7.17. The normalized spacial score (nSPS) is 24.1. The number of aromatic nitrogens is 1. The SMILES string of the molecule is Cc1ncccc1NC1CCOC(C)(C)C1. The van der Waals surface area contributed by atoms with Crippen molar-refractivity contribution >= 4 is 5.69 Å². The van der Waals surface area contributed by atoms with Crippen molar-refractivity contribution in [3.63, 3.8) is 0 Å². The van der Waals surface area contributed by atoms with Gasteiger partial charge in [-0.15, -0.1) is 0 Å². The van der Waals surface area contributed by atoms with E-state index in [1.165, 1.54) is 0 Å². The minimum absolute atomic E-state index is 0.00791. The molecule has 1 fully saturated rings. The van der Waals surface area contributed by atoms with Gasteiger partial charge in [0.1, 0.15) is 0 Å². The highest BCUT2D eigenvalue weighted by atomic mass is 16.5. The van der Waals surface area contributed by atoms with E-state index in [2.05, 4.69) is 30.2 Å². The maximum absolute atomic E-state index is 5.71. The van der Waals surface area contributed by atoms with E-state index in [1.54, 1.807) is 0 Å². The number of nitrogens with zero attached hydrogens (tertiary/aromatic N) is 1. The second-order valence-electron chi connectivity index (χ2n) is 5.08. The number of hydrogen-bond donors (Lipinski definition) is 1. The van der Waals surface area contributed by atoms with Crippen LogP contribution in [-0.2, 0) is 4.74 Å². The molecule has 0 amide bonds. The lowest BCUT2D eigenvalue weighted by atomic mass is 9.94. The summed E-state index contributed by atoms with van der Waals surface area (Å²) in [5, 5.41) is 3.56. The van der Waals surface area contributed by atoms with Gasteiger partial charge in [-0.2, -0.15) is 0 Å². The first kappa shape index (κ1) is 11.4. The highest BCUT2D eigenvalue weighted by Gasteiger charge is 2.28. The van der Waals surface area contributed by atoms with Crippen LogP contribution in [0.5, 0.6) is 0 Å². The molecule has 0 spiro atoms. The van der Waals surface area contributed by atoms with E-state index in [1.807, 2.05) is 19.2 Å². The molecule has 2 rings (SSSR count). The third-order valence-corrected chi connectivity index (χ3v) is 3.06.